The number of fused-ring (bicyclic) bond motifs is 1. The average molecular weight is 315 g/mol. The van der Waals surface area contributed by atoms with Crippen molar-refractivity contribution in [2.75, 3.05) is 7.11 Å². The molecule has 0 spiro atoms. The highest BCUT2D eigenvalue weighted by molar-refractivity contribution is 7.14. The van der Waals surface area contributed by atoms with Crippen LogP contribution < -0.4 is 10.1 Å². The maximum absolute atomic E-state index is 12.4. The predicted molar refractivity (Wildman–Crippen MR) is 87.6 cm³/mol. The van der Waals surface area contributed by atoms with Gasteiger partial charge in [-0.1, -0.05) is 12.1 Å². The van der Waals surface area contributed by atoms with E-state index < -0.39 is 0 Å². The summed E-state index contributed by atoms with van der Waals surface area (Å²) >= 11 is 1.42. The average Bonchev–Trinajstić information content (AvgIpc) is 3.10. The molecule has 0 saturated carbocycles. The van der Waals surface area contributed by atoms with E-state index in [1.54, 1.807) is 7.11 Å². The molecule has 0 bridgehead atoms. The fraction of sp³-hybridized carbons (Fsp3) is 0.250. The first-order valence-corrected chi connectivity index (χ1v) is 7.80. The molecule has 3 rings (SSSR count). The lowest BCUT2D eigenvalue weighted by atomic mass is 10.3. The van der Waals surface area contributed by atoms with E-state index in [0.29, 0.717) is 10.6 Å². The Balaban J connectivity index is 1.80. The van der Waals surface area contributed by atoms with Gasteiger partial charge in [0, 0.05) is 4.88 Å². The Kier molecular flexibility index (Phi) is 3.85. The standard InChI is InChI=1S/C16H17N3O2S/c1-9-8-13(21-3)14(22-9)16(20)17-10(2)15-18-11-6-4-5-7-12(11)19-15/h4-8,10H,1-3H3,(H,17,20)(H,18,19)/t10-/m0/s1. The molecule has 0 aliphatic carbocycles. The Morgan fingerprint density at radius 2 is 2.18 bits per heavy atom. The number of thiophene rings is 1. The van der Waals surface area contributed by atoms with Crippen LogP contribution in [0.15, 0.2) is 30.3 Å². The van der Waals surface area contributed by atoms with Crippen molar-refractivity contribution < 1.29 is 9.53 Å². The second-order valence-corrected chi connectivity index (χ2v) is 6.35. The van der Waals surface area contributed by atoms with Crippen molar-refractivity contribution in [2.24, 2.45) is 0 Å². The van der Waals surface area contributed by atoms with Crippen molar-refractivity contribution in [3.05, 3.63) is 45.9 Å². The molecule has 0 fully saturated rings. The third-order valence-electron chi connectivity index (χ3n) is 3.41. The van der Waals surface area contributed by atoms with Gasteiger partial charge < -0.3 is 15.0 Å². The first kappa shape index (κ1) is 14.6. The largest absolute Gasteiger partial charge is 0.495 e. The molecule has 114 valence electrons. The molecular weight excluding hydrogens is 298 g/mol. The predicted octanol–water partition coefficient (Wildman–Crippen LogP) is 3.43. The molecule has 0 unspecified atom stereocenters. The molecule has 2 N–H and O–H groups in total. The van der Waals surface area contributed by atoms with Crippen LogP contribution in [0.2, 0.25) is 0 Å². The van der Waals surface area contributed by atoms with Crippen LogP contribution in [-0.4, -0.2) is 23.0 Å². The topological polar surface area (TPSA) is 67.0 Å². The van der Waals surface area contributed by atoms with Gasteiger partial charge in [0.05, 0.1) is 24.2 Å². The van der Waals surface area contributed by atoms with Crippen LogP contribution in [0, 0.1) is 6.92 Å². The van der Waals surface area contributed by atoms with Gasteiger partial charge >= 0.3 is 0 Å². The SMILES string of the molecule is COc1cc(C)sc1C(=O)N[C@@H](C)c1nc2ccccc2[nH]1. The van der Waals surface area contributed by atoms with E-state index in [2.05, 4.69) is 15.3 Å². The minimum Gasteiger partial charge on any atom is -0.495 e. The number of aromatic nitrogens is 2. The fourth-order valence-electron chi connectivity index (χ4n) is 2.31. The summed E-state index contributed by atoms with van der Waals surface area (Å²) in [6.07, 6.45) is 0. The summed E-state index contributed by atoms with van der Waals surface area (Å²) in [7, 11) is 1.57. The van der Waals surface area contributed by atoms with Crippen LogP contribution >= 0.6 is 11.3 Å². The van der Waals surface area contributed by atoms with Crippen molar-refractivity contribution in [1.82, 2.24) is 15.3 Å². The maximum atomic E-state index is 12.4. The smallest absolute Gasteiger partial charge is 0.265 e. The van der Waals surface area contributed by atoms with Gasteiger partial charge in [-0.25, -0.2) is 4.98 Å². The van der Waals surface area contributed by atoms with Crippen LogP contribution in [0.4, 0.5) is 0 Å². The number of benzene rings is 1. The van der Waals surface area contributed by atoms with Gasteiger partial charge in [0.15, 0.2) is 0 Å². The Morgan fingerprint density at radius 1 is 1.41 bits per heavy atom. The van der Waals surface area contributed by atoms with Crippen LogP contribution in [0.25, 0.3) is 11.0 Å². The zero-order valence-corrected chi connectivity index (χ0v) is 13.5. The number of aromatic amines is 1. The minimum atomic E-state index is -0.216. The second-order valence-electron chi connectivity index (χ2n) is 5.09. The van der Waals surface area contributed by atoms with E-state index in [9.17, 15) is 4.79 Å². The van der Waals surface area contributed by atoms with Crippen LogP contribution in [0.1, 0.15) is 33.3 Å². The highest BCUT2D eigenvalue weighted by Crippen LogP contribution is 2.29. The van der Waals surface area contributed by atoms with E-state index >= 15 is 0 Å². The number of hydrogen-bond donors (Lipinski definition) is 2. The molecule has 1 aromatic carbocycles. The molecule has 0 saturated heterocycles. The minimum absolute atomic E-state index is 0.150. The lowest BCUT2D eigenvalue weighted by molar-refractivity contribution is 0.0940. The van der Waals surface area contributed by atoms with Gasteiger partial charge in [-0.3, -0.25) is 4.79 Å². The van der Waals surface area contributed by atoms with Crippen molar-refractivity contribution >= 4 is 28.3 Å². The summed E-state index contributed by atoms with van der Waals surface area (Å²) in [6, 6.07) is 9.45. The molecule has 0 aliphatic heterocycles. The molecule has 1 atom stereocenters. The molecule has 5 nitrogen and oxygen atoms in total. The Labute approximate surface area is 132 Å². The van der Waals surface area contributed by atoms with Crippen LogP contribution in [0.5, 0.6) is 5.75 Å². The number of methoxy groups -OCH3 is 1. The van der Waals surface area contributed by atoms with Gasteiger partial charge in [0.2, 0.25) is 0 Å². The number of aryl methyl sites for hydroxylation is 1. The zero-order valence-electron chi connectivity index (χ0n) is 12.6. The Bertz CT molecular complexity index is 789. The number of amides is 1. The molecule has 2 heterocycles. The fourth-order valence-corrected chi connectivity index (χ4v) is 3.19. The highest BCUT2D eigenvalue weighted by Gasteiger charge is 2.19. The maximum Gasteiger partial charge on any atom is 0.265 e. The summed E-state index contributed by atoms with van der Waals surface area (Å²) in [4.78, 5) is 21.8. The Hall–Kier alpha value is -2.34. The molecule has 22 heavy (non-hydrogen) atoms. The summed E-state index contributed by atoms with van der Waals surface area (Å²) in [5.74, 6) is 1.20. The quantitative estimate of drug-likeness (QED) is 0.775. The summed E-state index contributed by atoms with van der Waals surface area (Å²) in [5, 5.41) is 2.96. The van der Waals surface area contributed by atoms with Crippen molar-refractivity contribution in [3.63, 3.8) is 0 Å². The van der Waals surface area contributed by atoms with E-state index in [0.717, 1.165) is 21.7 Å². The van der Waals surface area contributed by atoms with E-state index in [1.165, 1.54) is 11.3 Å². The summed E-state index contributed by atoms with van der Waals surface area (Å²) in [6.45, 7) is 3.86. The molecule has 3 aromatic rings. The first-order chi connectivity index (χ1) is 10.6. The third kappa shape index (κ3) is 2.69. The number of ether oxygens (including phenoxy) is 1. The molecule has 0 aliphatic rings. The number of nitrogens with zero attached hydrogens (tertiary/aromatic N) is 1. The second kappa shape index (κ2) is 5.81. The number of nitrogens with one attached hydrogen (secondary N) is 2. The number of hydrogen-bond acceptors (Lipinski definition) is 4. The number of carbonyl (C=O) groups excluding carboxylic acids is 1. The van der Waals surface area contributed by atoms with Gasteiger partial charge in [-0.05, 0) is 32.0 Å². The zero-order chi connectivity index (χ0) is 15.7. The molecule has 0 radical (unpaired) electrons. The molecule has 2 aromatic heterocycles. The number of para-hydroxylation sites is 2. The molecular formula is C16H17N3O2S. The lowest BCUT2D eigenvalue weighted by Gasteiger charge is -2.11. The molecule has 1 amide bonds. The summed E-state index contributed by atoms with van der Waals surface area (Å²) < 4.78 is 5.25. The van der Waals surface area contributed by atoms with Gasteiger partial charge in [0.25, 0.3) is 5.91 Å². The van der Waals surface area contributed by atoms with Gasteiger partial charge in [-0.2, -0.15) is 0 Å². The number of carbonyl (C=O) groups is 1. The normalized spacial score (nSPS) is 12.3. The third-order valence-corrected chi connectivity index (χ3v) is 4.44. The van der Waals surface area contributed by atoms with Gasteiger partial charge in [-0.15, -0.1) is 11.3 Å². The van der Waals surface area contributed by atoms with Gasteiger partial charge in [0.1, 0.15) is 16.5 Å². The number of rotatable bonds is 4. The number of imidazole rings is 1. The van der Waals surface area contributed by atoms with Crippen LogP contribution in [0.3, 0.4) is 0 Å². The van der Waals surface area contributed by atoms with Crippen molar-refractivity contribution in [1.29, 1.82) is 0 Å². The van der Waals surface area contributed by atoms with E-state index in [-0.39, 0.29) is 11.9 Å². The summed E-state index contributed by atoms with van der Waals surface area (Å²) in [5.41, 5.74) is 1.85. The van der Waals surface area contributed by atoms with E-state index in [1.807, 2.05) is 44.2 Å². The van der Waals surface area contributed by atoms with Crippen molar-refractivity contribution in [3.8, 4) is 5.75 Å². The van der Waals surface area contributed by atoms with E-state index in [4.69, 9.17) is 4.74 Å². The van der Waals surface area contributed by atoms with Crippen molar-refractivity contribution in [2.45, 2.75) is 19.9 Å². The van der Waals surface area contributed by atoms with Crippen LogP contribution in [-0.2, 0) is 0 Å². The number of H-pyrrole nitrogens is 1. The lowest BCUT2D eigenvalue weighted by Crippen LogP contribution is -2.27. The first-order valence-electron chi connectivity index (χ1n) is 6.98. The Morgan fingerprint density at radius 3 is 2.91 bits per heavy atom. The monoisotopic (exact) mass is 315 g/mol. The highest BCUT2D eigenvalue weighted by atomic mass is 32.1. The molecule has 6 heteroatoms.